The molecule has 1 aliphatic rings. The molecule has 0 unspecified atom stereocenters. The van der Waals surface area contributed by atoms with Crippen molar-refractivity contribution in [2.75, 3.05) is 31.6 Å². The van der Waals surface area contributed by atoms with Crippen molar-refractivity contribution in [2.45, 2.75) is 26.2 Å². The molecule has 1 saturated heterocycles. The number of anilines is 1. The van der Waals surface area contributed by atoms with Crippen LogP contribution in [0.15, 0.2) is 12.4 Å². The van der Waals surface area contributed by atoms with E-state index in [1.165, 1.54) is 19.3 Å². The first-order chi connectivity index (χ1) is 8.29. The van der Waals surface area contributed by atoms with Crippen LogP contribution < -0.4 is 10.2 Å². The van der Waals surface area contributed by atoms with E-state index in [0.717, 1.165) is 37.1 Å². The monoisotopic (exact) mass is 234 g/mol. The maximum absolute atomic E-state index is 4.39. The highest BCUT2D eigenvalue weighted by molar-refractivity contribution is 5.30. The van der Waals surface area contributed by atoms with Crippen LogP contribution in [0.25, 0.3) is 0 Å². The summed E-state index contributed by atoms with van der Waals surface area (Å²) >= 11 is 0. The van der Waals surface area contributed by atoms with Gasteiger partial charge in [-0.25, -0.2) is 9.97 Å². The number of aryl methyl sites for hydroxylation is 1. The molecule has 17 heavy (non-hydrogen) atoms. The zero-order valence-electron chi connectivity index (χ0n) is 10.8. The Morgan fingerprint density at radius 1 is 1.29 bits per heavy atom. The Balaban J connectivity index is 1.84. The Labute approximate surface area is 103 Å². The molecule has 0 saturated carbocycles. The maximum atomic E-state index is 4.39. The van der Waals surface area contributed by atoms with Crippen LogP contribution in [0.1, 0.15) is 24.8 Å². The highest BCUT2D eigenvalue weighted by Gasteiger charge is 2.20. The van der Waals surface area contributed by atoms with E-state index in [1.54, 1.807) is 0 Å². The molecule has 1 aromatic rings. The molecule has 2 heterocycles. The summed E-state index contributed by atoms with van der Waals surface area (Å²) in [5.41, 5.74) is 1.12. The summed E-state index contributed by atoms with van der Waals surface area (Å²) in [6.07, 6.45) is 7.61. The minimum atomic E-state index is 0.865. The topological polar surface area (TPSA) is 41.0 Å². The van der Waals surface area contributed by atoms with Crippen LogP contribution in [0, 0.1) is 12.8 Å². The van der Waals surface area contributed by atoms with Crippen LogP contribution in [0.4, 0.5) is 5.95 Å². The van der Waals surface area contributed by atoms with Crippen LogP contribution >= 0.6 is 0 Å². The van der Waals surface area contributed by atoms with Crippen LogP contribution in [-0.4, -0.2) is 36.6 Å². The third-order valence-electron chi connectivity index (χ3n) is 3.47. The van der Waals surface area contributed by atoms with Crippen molar-refractivity contribution in [1.29, 1.82) is 0 Å². The molecular formula is C13H22N4. The number of hydrogen-bond acceptors (Lipinski definition) is 4. The second kappa shape index (κ2) is 5.96. The third kappa shape index (κ3) is 3.40. The largest absolute Gasteiger partial charge is 0.341 e. The van der Waals surface area contributed by atoms with Gasteiger partial charge in [0.05, 0.1) is 0 Å². The molecule has 1 N–H and O–H groups in total. The molecule has 1 aromatic heterocycles. The average molecular weight is 234 g/mol. The predicted octanol–water partition coefficient (Wildman–Crippen LogP) is 1.61. The summed E-state index contributed by atoms with van der Waals surface area (Å²) in [5, 5.41) is 3.23. The van der Waals surface area contributed by atoms with Gasteiger partial charge in [-0.05, 0) is 51.3 Å². The first kappa shape index (κ1) is 12.3. The summed E-state index contributed by atoms with van der Waals surface area (Å²) in [4.78, 5) is 11.1. The summed E-state index contributed by atoms with van der Waals surface area (Å²) in [7, 11) is 2.02. The molecule has 0 atom stereocenters. The van der Waals surface area contributed by atoms with Gasteiger partial charge in [0.15, 0.2) is 0 Å². The van der Waals surface area contributed by atoms with Crippen molar-refractivity contribution < 1.29 is 0 Å². The molecule has 0 aromatic carbocycles. The van der Waals surface area contributed by atoms with E-state index in [-0.39, 0.29) is 0 Å². The van der Waals surface area contributed by atoms with E-state index >= 15 is 0 Å². The van der Waals surface area contributed by atoms with Gasteiger partial charge in [-0.3, -0.25) is 0 Å². The number of hydrogen-bond donors (Lipinski definition) is 1. The van der Waals surface area contributed by atoms with Gasteiger partial charge in [0.25, 0.3) is 0 Å². The quantitative estimate of drug-likeness (QED) is 0.859. The standard InChI is InChI=1S/C13H22N4/c1-11-9-15-13(16-10-11)17-7-4-12(5-8-17)3-6-14-2/h9-10,12,14H,3-8H2,1-2H3. The molecule has 1 fully saturated rings. The second-order valence-electron chi connectivity index (χ2n) is 4.88. The van der Waals surface area contributed by atoms with Crippen LogP contribution in [0.5, 0.6) is 0 Å². The number of rotatable bonds is 4. The maximum Gasteiger partial charge on any atom is 0.225 e. The third-order valence-corrected chi connectivity index (χ3v) is 3.47. The molecule has 1 aliphatic heterocycles. The van der Waals surface area contributed by atoms with Crippen molar-refractivity contribution >= 4 is 5.95 Å². The smallest absolute Gasteiger partial charge is 0.225 e. The number of nitrogens with zero attached hydrogens (tertiary/aromatic N) is 3. The van der Waals surface area contributed by atoms with Crippen LogP contribution in [-0.2, 0) is 0 Å². The van der Waals surface area contributed by atoms with Gasteiger partial charge in [-0.15, -0.1) is 0 Å². The fraction of sp³-hybridized carbons (Fsp3) is 0.692. The zero-order valence-corrected chi connectivity index (χ0v) is 10.8. The van der Waals surface area contributed by atoms with Gasteiger partial charge in [0.1, 0.15) is 0 Å². The normalized spacial score (nSPS) is 17.4. The first-order valence-corrected chi connectivity index (χ1v) is 6.48. The molecule has 94 valence electrons. The summed E-state index contributed by atoms with van der Waals surface area (Å²) in [6.45, 7) is 5.34. The number of nitrogens with one attached hydrogen (secondary N) is 1. The van der Waals surface area contributed by atoms with Crippen molar-refractivity contribution in [2.24, 2.45) is 5.92 Å². The summed E-state index contributed by atoms with van der Waals surface area (Å²) < 4.78 is 0. The van der Waals surface area contributed by atoms with E-state index < -0.39 is 0 Å². The highest BCUT2D eigenvalue weighted by atomic mass is 15.2. The van der Waals surface area contributed by atoms with Crippen molar-refractivity contribution in [3.8, 4) is 0 Å². The Morgan fingerprint density at radius 3 is 2.53 bits per heavy atom. The SMILES string of the molecule is CNCCC1CCN(c2ncc(C)cn2)CC1. The molecule has 4 nitrogen and oxygen atoms in total. The fourth-order valence-electron chi connectivity index (χ4n) is 2.32. The second-order valence-corrected chi connectivity index (χ2v) is 4.88. The Morgan fingerprint density at radius 2 is 1.94 bits per heavy atom. The van der Waals surface area contributed by atoms with E-state index in [9.17, 15) is 0 Å². The minimum absolute atomic E-state index is 0.865. The number of piperidine rings is 1. The van der Waals surface area contributed by atoms with E-state index in [1.807, 2.05) is 26.4 Å². The Hall–Kier alpha value is -1.16. The summed E-state index contributed by atoms with van der Waals surface area (Å²) in [6, 6.07) is 0. The number of aromatic nitrogens is 2. The van der Waals surface area contributed by atoms with Gasteiger partial charge in [0.2, 0.25) is 5.95 Å². The summed E-state index contributed by atoms with van der Waals surface area (Å²) in [5.74, 6) is 1.76. The molecule has 0 radical (unpaired) electrons. The minimum Gasteiger partial charge on any atom is -0.341 e. The Kier molecular flexibility index (Phi) is 4.31. The average Bonchev–Trinajstić information content (AvgIpc) is 2.38. The molecule has 4 heteroatoms. The van der Waals surface area contributed by atoms with Crippen LogP contribution in [0.3, 0.4) is 0 Å². The first-order valence-electron chi connectivity index (χ1n) is 6.48. The molecule has 0 bridgehead atoms. The molecule has 2 rings (SSSR count). The van der Waals surface area contributed by atoms with Crippen molar-refractivity contribution in [3.63, 3.8) is 0 Å². The molecule has 0 aliphatic carbocycles. The van der Waals surface area contributed by atoms with Gasteiger partial charge in [-0.1, -0.05) is 0 Å². The molecule has 0 amide bonds. The van der Waals surface area contributed by atoms with Gasteiger partial charge >= 0.3 is 0 Å². The van der Waals surface area contributed by atoms with Gasteiger partial charge in [0, 0.05) is 25.5 Å². The zero-order chi connectivity index (χ0) is 12.1. The fourth-order valence-corrected chi connectivity index (χ4v) is 2.32. The van der Waals surface area contributed by atoms with Crippen molar-refractivity contribution in [3.05, 3.63) is 18.0 Å². The predicted molar refractivity (Wildman–Crippen MR) is 70.2 cm³/mol. The molecule has 0 spiro atoms. The van der Waals surface area contributed by atoms with E-state index in [0.29, 0.717) is 0 Å². The Bertz CT molecular complexity index is 328. The van der Waals surface area contributed by atoms with E-state index in [2.05, 4.69) is 20.2 Å². The van der Waals surface area contributed by atoms with Crippen LogP contribution in [0.2, 0.25) is 0 Å². The van der Waals surface area contributed by atoms with Gasteiger partial charge < -0.3 is 10.2 Å². The van der Waals surface area contributed by atoms with E-state index in [4.69, 9.17) is 0 Å². The lowest BCUT2D eigenvalue weighted by atomic mass is 9.94. The molecular weight excluding hydrogens is 212 g/mol. The lowest BCUT2D eigenvalue weighted by molar-refractivity contribution is 0.375. The van der Waals surface area contributed by atoms with Crippen molar-refractivity contribution in [1.82, 2.24) is 15.3 Å². The highest BCUT2D eigenvalue weighted by Crippen LogP contribution is 2.22. The lowest BCUT2D eigenvalue weighted by Gasteiger charge is -2.31. The lowest BCUT2D eigenvalue weighted by Crippen LogP contribution is -2.35. The van der Waals surface area contributed by atoms with Gasteiger partial charge in [-0.2, -0.15) is 0 Å².